The molecule has 1 aliphatic heterocycles. The molecular formula is C27H29Cl2F4N4O6S2+. The van der Waals surface area contributed by atoms with Crippen molar-refractivity contribution in [2.24, 2.45) is 0 Å². The number of nitrogens with zero attached hydrogens (tertiary/aromatic N) is 4. The van der Waals surface area contributed by atoms with E-state index in [9.17, 15) is 39.0 Å². The number of unbranched alkanes of at least 4 members (excludes halogenated alkanes) is 1. The van der Waals surface area contributed by atoms with Gasteiger partial charge in [-0.15, -0.1) is 0 Å². The molecule has 0 atom stereocenters. The van der Waals surface area contributed by atoms with E-state index in [1.807, 2.05) is 0 Å². The van der Waals surface area contributed by atoms with Gasteiger partial charge in [0.15, 0.2) is 11.0 Å². The molecule has 10 nitrogen and oxygen atoms in total. The molecule has 2 heterocycles. The largest absolute Gasteiger partial charge is 0.417 e. The first kappa shape index (κ1) is 35.0. The number of fused-ring (bicyclic) bond motifs is 2. The number of hydrogen-bond acceptors (Lipinski definition) is 6. The Morgan fingerprint density at radius 1 is 0.911 bits per heavy atom. The Hall–Kier alpha value is -2.89. The van der Waals surface area contributed by atoms with Crippen molar-refractivity contribution < 1.29 is 48.1 Å². The van der Waals surface area contributed by atoms with Gasteiger partial charge in [0.25, 0.3) is 15.9 Å². The van der Waals surface area contributed by atoms with Crippen LogP contribution in [0.15, 0.2) is 42.2 Å². The normalized spacial score (nSPS) is 15.3. The van der Waals surface area contributed by atoms with E-state index in [4.69, 9.17) is 27.8 Å². The highest BCUT2D eigenvalue weighted by Gasteiger charge is 2.38. The minimum Gasteiger partial charge on any atom is -0.326 e. The lowest BCUT2D eigenvalue weighted by atomic mass is 10.1. The summed E-state index contributed by atoms with van der Waals surface area (Å²) < 4.78 is 124. The van der Waals surface area contributed by atoms with Gasteiger partial charge in [-0.1, -0.05) is 29.3 Å². The lowest BCUT2D eigenvalue weighted by molar-refractivity contribution is -0.654. The first-order chi connectivity index (χ1) is 20.9. The maximum absolute atomic E-state index is 14.4. The Balaban J connectivity index is 1.85. The topological polar surface area (TPSA) is 124 Å². The molecule has 0 aliphatic carbocycles. The van der Waals surface area contributed by atoms with Crippen molar-refractivity contribution >= 4 is 71.9 Å². The quantitative estimate of drug-likeness (QED) is 0.105. The fraction of sp³-hybridized carbons (Fsp3) is 0.370. The lowest BCUT2D eigenvalue weighted by Gasteiger charge is -2.24. The molecule has 1 aromatic heterocycles. The van der Waals surface area contributed by atoms with Gasteiger partial charge in [-0.2, -0.15) is 30.0 Å². The zero-order valence-corrected chi connectivity index (χ0v) is 27.0. The van der Waals surface area contributed by atoms with Gasteiger partial charge in [0.05, 0.1) is 39.3 Å². The molecule has 1 aliphatic rings. The number of halogens is 6. The molecular weight excluding hydrogens is 687 g/mol. The number of aromatic nitrogens is 2. The van der Waals surface area contributed by atoms with Crippen LogP contribution in [-0.2, 0) is 38.8 Å². The second-order valence-electron chi connectivity index (χ2n) is 10.1. The van der Waals surface area contributed by atoms with Crippen molar-refractivity contribution in [3.63, 3.8) is 0 Å². The van der Waals surface area contributed by atoms with E-state index >= 15 is 0 Å². The SMILES string of the molecule is CCN1C(=CC=Cc2n(CC)c3cc(Cl)c(F)cc3[n+]2CS(=O)(=O)O)N(CCCCS(=O)(=O)O)c2cc(C(F)(F)F)c(Cl)cc21. The Bertz CT molecular complexity index is 1910. The third kappa shape index (κ3) is 7.74. The lowest BCUT2D eigenvalue weighted by Crippen LogP contribution is -2.40. The second kappa shape index (κ2) is 13.1. The Morgan fingerprint density at radius 3 is 2.16 bits per heavy atom. The molecule has 4 rings (SSSR count). The summed E-state index contributed by atoms with van der Waals surface area (Å²) in [5.41, 5.74) is 0.0248. The van der Waals surface area contributed by atoms with E-state index in [0.29, 0.717) is 23.6 Å². The smallest absolute Gasteiger partial charge is 0.326 e. The number of allylic oxidation sites excluding steroid dienone is 2. The number of imidazole rings is 1. The summed E-state index contributed by atoms with van der Waals surface area (Å²) in [6.07, 6.45) is 0.0475. The van der Waals surface area contributed by atoms with Gasteiger partial charge < -0.3 is 9.80 Å². The van der Waals surface area contributed by atoms with E-state index < -0.39 is 54.4 Å². The fourth-order valence-electron chi connectivity index (χ4n) is 5.28. The monoisotopic (exact) mass is 715 g/mol. The molecule has 0 radical (unpaired) electrons. The van der Waals surface area contributed by atoms with Crippen LogP contribution >= 0.6 is 23.2 Å². The van der Waals surface area contributed by atoms with Crippen LogP contribution in [0.2, 0.25) is 10.0 Å². The average molecular weight is 717 g/mol. The average Bonchev–Trinajstić information content (AvgIpc) is 3.34. The zero-order chi connectivity index (χ0) is 33.5. The molecule has 0 spiro atoms. The Kier molecular flexibility index (Phi) is 10.2. The van der Waals surface area contributed by atoms with Crippen LogP contribution in [0.4, 0.5) is 28.9 Å². The zero-order valence-electron chi connectivity index (χ0n) is 23.9. The van der Waals surface area contributed by atoms with Crippen molar-refractivity contribution in [2.75, 3.05) is 28.6 Å². The van der Waals surface area contributed by atoms with E-state index in [0.717, 1.165) is 12.1 Å². The molecule has 2 N–H and O–H groups in total. The molecule has 246 valence electrons. The van der Waals surface area contributed by atoms with Crippen LogP contribution < -0.4 is 14.4 Å². The summed E-state index contributed by atoms with van der Waals surface area (Å²) in [5.74, 6) is -1.59. The third-order valence-electron chi connectivity index (χ3n) is 7.11. The van der Waals surface area contributed by atoms with E-state index in [2.05, 4.69) is 0 Å². The molecule has 0 unspecified atom stereocenters. The van der Waals surface area contributed by atoms with Crippen LogP contribution in [0, 0.1) is 5.82 Å². The Labute approximate surface area is 267 Å². The number of aryl methyl sites for hydroxylation is 1. The summed E-state index contributed by atoms with van der Waals surface area (Å²) in [6, 6.07) is 4.50. The minimum absolute atomic E-state index is 0.0327. The highest BCUT2D eigenvalue weighted by atomic mass is 35.5. The first-order valence-corrected chi connectivity index (χ1v) is 17.5. The highest BCUT2D eigenvalue weighted by molar-refractivity contribution is 7.85. The molecule has 3 aromatic rings. The summed E-state index contributed by atoms with van der Waals surface area (Å²) in [7, 11) is -8.83. The number of hydrogen-bond donors (Lipinski definition) is 2. The third-order valence-corrected chi connectivity index (χ3v) is 9.10. The van der Waals surface area contributed by atoms with Crippen LogP contribution in [0.1, 0.15) is 38.1 Å². The standard InChI is InChI=1S/C27H28Cl2F4N4O6S2/c1-3-34-22-13-18(28)17(27(31,32)33)12-21(22)36(10-5-6-11-44(38,39)40)25(34)8-7-9-26-35(4-2)23-14-19(29)20(30)15-24(23)37(26)16-45(41,42)43/h7-9,12-15H,3-6,10-11,16H2,1-2H3,(H-,38,39,40,41,42,43)/p+1. The van der Waals surface area contributed by atoms with Gasteiger partial charge in [-0.05, 0) is 44.9 Å². The van der Waals surface area contributed by atoms with Crippen LogP contribution in [0.25, 0.3) is 17.1 Å². The van der Waals surface area contributed by atoms with Crippen molar-refractivity contribution in [1.82, 2.24) is 4.57 Å². The van der Waals surface area contributed by atoms with Crippen molar-refractivity contribution in [2.45, 2.75) is 45.3 Å². The molecule has 45 heavy (non-hydrogen) atoms. The van der Waals surface area contributed by atoms with E-state index in [-0.39, 0.29) is 48.0 Å². The van der Waals surface area contributed by atoms with Crippen molar-refractivity contribution in [3.05, 3.63) is 69.5 Å². The summed E-state index contributed by atoms with van der Waals surface area (Å²) >= 11 is 12.0. The first-order valence-electron chi connectivity index (χ1n) is 13.5. The number of benzene rings is 2. The molecule has 0 bridgehead atoms. The number of alkyl halides is 3. The molecule has 0 amide bonds. The van der Waals surface area contributed by atoms with Crippen molar-refractivity contribution in [3.8, 4) is 0 Å². The predicted molar refractivity (Wildman–Crippen MR) is 164 cm³/mol. The summed E-state index contributed by atoms with van der Waals surface area (Å²) in [5, 5.41) is -0.706. The van der Waals surface area contributed by atoms with Crippen LogP contribution in [-0.4, -0.2) is 49.4 Å². The van der Waals surface area contributed by atoms with Crippen molar-refractivity contribution in [1.29, 1.82) is 0 Å². The Morgan fingerprint density at radius 2 is 1.58 bits per heavy atom. The predicted octanol–water partition coefficient (Wildman–Crippen LogP) is 6.13. The van der Waals surface area contributed by atoms with E-state index in [1.54, 1.807) is 34.3 Å². The van der Waals surface area contributed by atoms with E-state index in [1.165, 1.54) is 28.9 Å². The van der Waals surface area contributed by atoms with Gasteiger partial charge in [0, 0.05) is 31.3 Å². The van der Waals surface area contributed by atoms with Gasteiger partial charge in [0.2, 0.25) is 5.88 Å². The maximum Gasteiger partial charge on any atom is 0.417 e. The van der Waals surface area contributed by atoms with Gasteiger partial charge in [0.1, 0.15) is 11.6 Å². The molecule has 0 saturated heterocycles. The summed E-state index contributed by atoms with van der Waals surface area (Å²) in [4.78, 5) is 3.26. The highest BCUT2D eigenvalue weighted by Crippen LogP contribution is 2.47. The van der Waals surface area contributed by atoms with Gasteiger partial charge in [-0.25, -0.2) is 13.5 Å². The minimum atomic E-state index is -4.75. The summed E-state index contributed by atoms with van der Waals surface area (Å²) in [6.45, 7) is 4.19. The van der Waals surface area contributed by atoms with Crippen LogP contribution in [0.3, 0.4) is 0 Å². The fourth-order valence-corrected chi connectivity index (χ4v) is 6.87. The van der Waals surface area contributed by atoms with Gasteiger partial charge >= 0.3 is 16.3 Å². The molecule has 0 fully saturated rings. The molecule has 18 heteroatoms. The molecule has 0 saturated carbocycles. The maximum atomic E-state index is 14.4. The number of rotatable bonds is 11. The molecule has 2 aromatic carbocycles. The number of anilines is 2. The van der Waals surface area contributed by atoms with Gasteiger partial charge in [-0.3, -0.25) is 9.11 Å². The second-order valence-corrected chi connectivity index (χ2v) is 13.9. The van der Waals surface area contributed by atoms with Crippen LogP contribution in [0.5, 0.6) is 0 Å².